The van der Waals surface area contributed by atoms with E-state index in [2.05, 4.69) is 26.3 Å². The van der Waals surface area contributed by atoms with E-state index in [0.717, 1.165) is 41.7 Å². The Balaban J connectivity index is 2.10. The summed E-state index contributed by atoms with van der Waals surface area (Å²) in [5.74, 6) is 0. The second-order valence-electron chi connectivity index (χ2n) is 5.70. The summed E-state index contributed by atoms with van der Waals surface area (Å²) in [7, 11) is 0. The van der Waals surface area contributed by atoms with Crippen molar-refractivity contribution in [3.05, 3.63) is 71.1 Å². The van der Waals surface area contributed by atoms with Gasteiger partial charge >= 0.3 is 6.18 Å². The van der Waals surface area contributed by atoms with Crippen molar-refractivity contribution in [1.82, 2.24) is 0 Å². The molecule has 119 valence electrons. The Hall–Kier alpha value is -2.03. The Kier molecular flexibility index (Phi) is 4.05. The molecular weight excluding hydrogens is 297 g/mol. The van der Waals surface area contributed by atoms with Crippen molar-refractivity contribution < 1.29 is 13.2 Å². The molecule has 0 atom stereocenters. The van der Waals surface area contributed by atoms with E-state index < -0.39 is 11.7 Å². The van der Waals surface area contributed by atoms with E-state index in [-0.39, 0.29) is 0 Å². The fourth-order valence-electron chi connectivity index (χ4n) is 3.26. The highest BCUT2D eigenvalue weighted by molar-refractivity contribution is 5.90. The molecule has 1 aliphatic carbocycles. The summed E-state index contributed by atoms with van der Waals surface area (Å²) in [6.07, 6.45) is -0.217. The van der Waals surface area contributed by atoms with Gasteiger partial charge in [0.2, 0.25) is 0 Å². The third-order valence-corrected chi connectivity index (χ3v) is 4.37. The molecule has 1 radical (unpaired) electrons. The Bertz CT molecular complexity index is 749. The summed E-state index contributed by atoms with van der Waals surface area (Å²) < 4.78 is 38.2. The molecule has 0 bridgehead atoms. The maximum atomic E-state index is 12.7. The summed E-state index contributed by atoms with van der Waals surface area (Å²) in [5, 5.41) is 0. The average Bonchev–Trinajstić information content (AvgIpc) is 2.91. The third-order valence-electron chi connectivity index (χ3n) is 4.37. The number of hydrogen-bond donors (Lipinski definition) is 0. The van der Waals surface area contributed by atoms with Crippen LogP contribution < -0.4 is 0 Å². The number of alkyl halides is 3. The van der Waals surface area contributed by atoms with E-state index in [4.69, 9.17) is 0 Å². The average molecular weight is 315 g/mol. The van der Waals surface area contributed by atoms with E-state index in [1.165, 1.54) is 16.7 Å². The largest absolute Gasteiger partial charge is 0.416 e. The minimum Gasteiger partial charge on any atom is -0.166 e. The normalized spacial score (nSPS) is 14.3. The van der Waals surface area contributed by atoms with Crippen LogP contribution in [0.25, 0.3) is 16.7 Å². The number of allylic oxidation sites excluding steroid dienone is 2. The maximum absolute atomic E-state index is 12.7. The molecule has 23 heavy (non-hydrogen) atoms. The quantitative estimate of drug-likeness (QED) is 0.605. The molecule has 0 fully saturated rings. The van der Waals surface area contributed by atoms with Crippen LogP contribution in [0.1, 0.15) is 43.4 Å². The lowest BCUT2D eigenvalue weighted by molar-refractivity contribution is -0.137. The van der Waals surface area contributed by atoms with Gasteiger partial charge in [0.25, 0.3) is 0 Å². The van der Waals surface area contributed by atoms with Gasteiger partial charge in [-0.3, -0.25) is 0 Å². The smallest absolute Gasteiger partial charge is 0.166 e. The zero-order chi connectivity index (χ0) is 16.6. The number of halogens is 3. The van der Waals surface area contributed by atoms with Crippen LogP contribution in [0.15, 0.2) is 48.0 Å². The Labute approximate surface area is 134 Å². The van der Waals surface area contributed by atoms with Crippen molar-refractivity contribution in [2.45, 2.75) is 32.9 Å². The van der Waals surface area contributed by atoms with Crippen molar-refractivity contribution in [2.75, 3.05) is 0 Å². The van der Waals surface area contributed by atoms with Crippen LogP contribution in [-0.4, -0.2) is 0 Å². The van der Waals surface area contributed by atoms with Gasteiger partial charge in [0, 0.05) is 6.42 Å². The Morgan fingerprint density at radius 2 is 1.57 bits per heavy atom. The third kappa shape index (κ3) is 2.80. The molecule has 2 aromatic rings. The fraction of sp³-hybridized carbons (Fsp3) is 0.250. The summed E-state index contributed by atoms with van der Waals surface area (Å²) >= 11 is 0. The predicted octanol–water partition coefficient (Wildman–Crippen LogP) is 6.51. The van der Waals surface area contributed by atoms with Crippen molar-refractivity contribution in [3.63, 3.8) is 0 Å². The minimum absolute atomic E-state index is 0.610. The first-order chi connectivity index (χ1) is 11.0. The summed E-state index contributed by atoms with van der Waals surface area (Å²) in [6.45, 7) is 4.25. The maximum Gasteiger partial charge on any atom is 0.416 e. The SMILES string of the molecule is CCC1=C(CC)c2c(cccc2-c2ccc(C(F)(F)F)cc2)[CH]1. The van der Waals surface area contributed by atoms with Crippen molar-refractivity contribution in [1.29, 1.82) is 0 Å². The lowest BCUT2D eigenvalue weighted by atomic mass is 9.92. The number of benzene rings is 2. The molecule has 0 spiro atoms. The van der Waals surface area contributed by atoms with Crippen LogP contribution >= 0.6 is 0 Å². The van der Waals surface area contributed by atoms with Crippen molar-refractivity contribution in [2.24, 2.45) is 0 Å². The molecule has 0 heterocycles. The van der Waals surface area contributed by atoms with Gasteiger partial charge in [0.05, 0.1) is 5.56 Å². The van der Waals surface area contributed by atoms with Crippen LogP contribution in [0.3, 0.4) is 0 Å². The highest BCUT2D eigenvalue weighted by Gasteiger charge is 2.30. The molecular formula is C20H18F3. The molecule has 0 aliphatic heterocycles. The zero-order valence-corrected chi connectivity index (χ0v) is 13.2. The first-order valence-electron chi connectivity index (χ1n) is 7.83. The Morgan fingerprint density at radius 1 is 0.870 bits per heavy atom. The van der Waals surface area contributed by atoms with Crippen LogP contribution in [0.2, 0.25) is 0 Å². The molecule has 0 saturated carbocycles. The molecule has 0 nitrogen and oxygen atoms in total. The number of rotatable bonds is 3. The Morgan fingerprint density at radius 3 is 2.13 bits per heavy atom. The monoisotopic (exact) mass is 315 g/mol. The molecule has 2 aromatic carbocycles. The molecule has 0 saturated heterocycles. The molecule has 0 N–H and O–H groups in total. The molecule has 3 rings (SSSR count). The van der Waals surface area contributed by atoms with Crippen LogP contribution in [-0.2, 0) is 6.18 Å². The molecule has 1 aliphatic rings. The van der Waals surface area contributed by atoms with Crippen LogP contribution in [0, 0.1) is 6.42 Å². The van der Waals surface area contributed by atoms with Crippen LogP contribution in [0.5, 0.6) is 0 Å². The summed E-state index contributed by atoms with van der Waals surface area (Å²) in [4.78, 5) is 0. The van der Waals surface area contributed by atoms with Gasteiger partial charge in [0.1, 0.15) is 0 Å². The van der Waals surface area contributed by atoms with E-state index in [1.54, 1.807) is 12.1 Å². The molecule has 3 heteroatoms. The minimum atomic E-state index is -4.30. The van der Waals surface area contributed by atoms with Gasteiger partial charge in [-0.25, -0.2) is 0 Å². The first kappa shape index (κ1) is 15.9. The highest BCUT2D eigenvalue weighted by Crippen LogP contribution is 2.43. The molecule has 0 amide bonds. The van der Waals surface area contributed by atoms with Gasteiger partial charge in [-0.05, 0) is 52.8 Å². The number of fused-ring (bicyclic) bond motifs is 1. The topological polar surface area (TPSA) is 0 Å². The summed E-state index contributed by atoms with van der Waals surface area (Å²) in [5.41, 5.74) is 6.18. The van der Waals surface area contributed by atoms with Crippen molar-refractivity contribution >= 4 is 5.57 Å². The number of hydrogen-bond acceptors (Lipinski definition) is 0. The lowest BCUT2D eigenvalue weighted by Gasteiger charge is -2.13. The first-order valence-corrected chi connectivity index (χ1v) is 7.83. The lowest BCUT2D eigenvalue weighted by Crippen LogP contribution is -2.04. The second kappa shape index (κ2) is 5.88. The van der Waals surface area contributed by atoms with Gasteiger partial charge in [0.15, 0.2) is 0 Å². The summed E-state index contributed by atoms with van der Waals surface area (Å²) in [6, 6.07) is 11.5. The van der Waals surface area contributed by atoms with Crippen molar-refractivity contribution in [3.8, 4) is 11.1 Å². The molecule has 0 aromatic heterocycles. The van der Waals surface area contributed by atoms with Crippen LogP contribution in [0.4, 0.5) is 13.2 Å². The predicted molar refractivity (Wildman–Crippen MR) is 87.8 cm³/mol. The highest BCUT2D eigenvalue weighted by atomic mass is 19.4. The van der Waals surface area contributed by atoms with E-state index in [9.17, 15) is 13.2 Å². The van der Waals surface area contributed by atoms with Gasteiger partial charge in [-0.2, -0.15) is 13.2 Å². The van der Waals surface area contributed by atoms with Gasteiger partial charge < -0.3 is 0 Å². The molecule has 0 unspecified atom stereocenters. The zero-order valence-electron chi connectivity index (χ0n) is 13.2. The van der Waals surface area contributed by atoms with E-state index >= 15 is 0 Å². The van der Waals surface area contributed by atoms with E-state index in [0.29, 0.717) is 0 Å². The second-order valence-corrected chi connectivity index (χ2v) is 5.70. The fourth-order valence-corrected chi connectivity index (χ4v) is 3.26. The van der Waals surface area contributed by atoms with Gasteiger partial charge in [-0.15, -0.1) is 0 Å². The van der Waals surface area contributed by atoms with E-state index in [1.807, 2.05) is 12.1 Å². The van der Waals surface area contributed by atoms with Gasteiger partial charge in [-0.1, -0.05) is 49.8 Å². The standard InChI is InChI=1S/C20H18F3/c1-3-13-12-15-6-5-7-18(19(15)17(13)4-2)14-8-10-16(11-9-14)20(21,22)23/h5-12H,3-4H2,1-2H3.